The quantitative estimate of drug-likeness (QED) is 0.744. The molecular weight excluding hydrogens is 204 g/mol. The molecule has 0 bridgehead atoms. The first-order valence-corrected chi connectivity index (χ1v) is 7.39. The van der Waals surface area contributed by atoms with E-state index in [4.69, 9.17) is 0 Å². The van der Waals surface area contributed by atoms with Gasteiger partial charge in [-0.3, -0.25) is 4.90 Å². The molecule has 1 atom stereocenters. The smallest absolute Gasteiger partial charge is 0.0269 e. The van der Waals surface area contributed by atoms with E-state index < -0.39 is 0 Å². The van der Waals surface area contributed by atoms with Crippen molar-refractivity contribution in [1.29, 1.82) is 0 Å². The van der Waals surface area contributed by atoms with Gasteiger partial charge < -0.3 is 5.32 Å². The number of nitrogens with one attached hydrogen (secondary N) is 1. The van der Waals surface area contributed by atoms with Gasteiger partial charge in [-0.05, 0) is 30.4 Å². The van der Waals surface area contributed by atoms with E-state index >= 15 is 0 Å². The van der Waals surface area contributed by atoms with E-state index in [0.717, 1.165) is 13.1 Å². The lowest BCUT2D eigenvalue weighted by atomic mass is 9.84. The highest BCUT2D eigenvalue weighted by molar-refractivity contribution is 7.98. The van der Waals surface area contributed by atoms with Gasteiger partial charge in [-0.15, -0.1) is 0 Å². The molecule has 3 heteroatoms. The third-order valence-electron chi connectivity index (χ3n) is 3.15. The van der Waals surface area contributed by atoms with Crippen molar-refractivity contribution in [1.82, 2.24) is 10.2 Å². The minimum absolute atomic E-state index is 0.396. The van der Waals surface area contributed by atoms with E-state index in [1.807, 2.05) is 11.8 Å². The zero-order valence-corrected chi connectivity index (χ0v) is 11.5. The van der Waals surface area contributed by atoms with Crippen LogP contribution in [0.2, 0.25) is 0 Å². The molecule has 2 nitrogen and oxygen atoms in total. The minimum atomic E-state index is 0.396. The van der Waals surface area contributed by atoms with Gasteiger partial charge in [0.05, 0.1) is 0 Å². The fourth-order valence-electron chi connectivity index (χ4n) is 2.28. The average Bonchev–Trinajstić information content (AvgIpc) is 2.17. The van der Waals surface area contributed by atoms with E-state index in [0.29, 0.717) is 11.5 Å². The Morgan fingerprint density at radius 1 is 1.40 bits per heavy atom. The molecule has 0 aliphatic carbocycles. The first-order valence-electron chi connectivity index (χ1n) is 5.99. The molecule has 1 unspecified atom stereocenters. The Bertz CT molecular complexity index is 177. The third kappa shape index (κ3) is 4.33. The van der Waals surface area contributed by atoms with Crippen LogP contribution in [-0.4, -0.2) is 49.1 Å². The molecule has 1 N–H and O–H groups in total. The highest BCUT2D eigenvalue weighted by atomic mass is 32.2. The van der Waals surface area contributed by atoms with Crippen molar-refractivity contribution in [3.05, 3.63) is 0 Å². The van der Waals surface area contributed by atoms with Gasteiger partial charge >= 0.3 is 0 Å². The van der Waals surface area contributed by atoms with Crippen LogP contribution in [-0.2, 0) is 0 Å². The summed E-state index contributed by atoms with van der Waals surface area (Å²) in [5.41, 5.74) is 0.396. The van der Waals surface area contributed by atoms with Gasteiger partial charge in [-0.1, -0.05) is 20.8 Å². The van der Waals surface area contributed by atoms with Gasteiger partial charge in [0.1, 0.15) is 0 Å². The van der Waals surface area contributed by atoms with Crippen molar-refractivity contribution in [3.8, 4) is 0 Å². The van der Waals surface area contributed by atoms with Crippen LogP contribution in [0.15, 0.2) is 0 Å². The summed E-state index contributed by atoms with van der Waals surface area (Å²) in [5.74, 6) is 1.29. The molecule has 1 aliphatic heterocycles. The van der Waals surface area contributed by atoms with Crippen LogP contribution in [0, 0.1) is 5.41 Å². The second-order valence-electron chi connectivity index (χ2n) is 5.47. The number of hydrogen-bond donors (Lipinski definition) is 1. The van der Waals surface area contributed by atoms with E-state index in [1.54, 1.807) is 0 Å². The zero-order valence-electron chi connectivity index (χ0n) is 10.7. The summed E-state index contributed by atoms with van der Waals surface area (Å²) in [4.78, 5) is 2.67. The van der Waals surface area contributed by atoms with Gasteiger partial charge in [-0.2, -0.15) is 11.8 Å². The fourth-order valence-corrected chi connectivity index (χ4v) is 2.70. The van der Waals surface area contributed by atoms with Crippen LogP contribution in [0.3, 0.4) is 0 Å². The molecule has 1 rings (SSSR count). The molecule has 0 saturated carbocycles. The molecule has 1 heterocycles. The number of nitrogens with zero attached hydrogens (tertiary/aromatic N) is 1. The van der Waals surface area contributed by atoms with Crippen molar-refractivity contribution >= 4 is 11.8 Å². The van der Waals surface area contributed by atoms with Crippen LogP contribution in [0.4, 0.5) is 0 Å². The van der Waals surface area contributed by atoms with Gasteiger partial charge in [0.25, 0.3) is 0 Å². The lowest BCUT2D eigenvalue weighted by molar-refractivity contribution is 0.0759. The van der Waals surface area contributed by atoms with Crippen molar-refractivity contribution in [2.75, 3.05) is 38.2 Å². The summed E-state index contributed by atoms with van der Waals surface area (Å²) in [6.07, 6.45) is 3.52. The molecule has 15 heavy (non-hydrogen) atoms. The normalized spacial score (nSPS) is 24.4. The molecule has 0 radical (unpaired) electrons. The maximum Gasteiger partial charge on any atom is 0.0269 e. The predicted molar refractivity (Wildman–Crippen MR) is 70.7 cm³/mol. The minimum Gasteiger partial charge on any atom is -0.314 e. The van der Waals surface area contributed by atoms with E-state index in [9.17, 15) is 0 Å². The standard InChI is InChI=1S/C12H26N2S/c1-12(2,3)11-10-13-6-8-14(11)7-5-9-15-4/h11,13H,5-10H2,1-4H3. The van der Waals surface area contributed by atoms with Crippen molar-refractivity contribution in [2.24, 2.45) is 5.41 Å². The fraction of sp³-hybridized carbons (Fsp3) is 1.00. The monoisotopic (exact) mass is 230 g/mol. The van der Waals surface area contributed by atoms with Crippen LogP contribution < -0.4 is 5.32 Å². The van der Waals surface area contributed by atoms with Gasteiger partial charge in [-0.25, -0.2) is 0 Å². The number of rotatable bonds is 4. The van der Waals surface area contributed by atoms with Crippen molar-refractivity contribution in [2.45, 2.75) is 33.2 Å². The molecular formula is C12H26N2S. The Morgan fingerprint density at radius 2 is 2.13 bits per heavy atom. The van der Waals surface area contributed by atoms with Crippen LogP contribution >= 0.6 is 11.8 Å². The first-order chi connectivity index (χ1) is 7.05. The van der Waals surface area contributed by atoms with E-state index in [-0.39, 0.29) is 0 Å². The van der Waals surface area contributed by atoms with Gasteiger partial charge in [0.15, 0.2) is 0 Å². The summed E-state index contributed by atoms with van der Waals surface area (Å²) >= 11 is 1.96. The first kappa shape index (κ1) is 13.3. The largest absolute Gasteiger partial charge is 0.314 e. The molecule has 1 aliphatic rings. The lowest BCUT2D eigenvalue weighted by Gasteiger charge is -2.43. The van der Waals surface area contributed by atoms with Crippen LogP contribution in [0.25, 0.3) is 0 Å². The summed E-state index contributed by atoms with van der Waals surface area (Å²) in [6, 6.07) is 0.702. The molecule has 0 aromatic heterocycles. The SMILES string of the molecule is CSCCCN1CCNCC1C(C)(C)C. The second kappa shape index (κ2) is 6.12. The Morgan fingerprint density at radius 3 is 2.73 bits per heavy atom. The molecule has 1 saturated heterocycles. The topological polar surface area (TPSA) is 15.3 Å². The Balaban J connectivity index is 2.43. The molecule has 1 fully saturated rings. The lowest BCUT2D eigenvalue weighted by Crippen LogP contribution is -2.56. The Labute approximate surface area is 99.2 Å². The number of thioether (sulfide) groups is 1. The maximum atomic E-state index is 3.51. The van der Waals surface area contributed by atoms with Crippen molar-refractivity contribution in [3.63, 3.8) is 0 Å². The van der Waals surface area contributed by atoms with Gasteiger partial charge in [0.2, 0.25) is 0 Å². The van der Waals surface area contributed by atoms with E-state index in [2.05, 4.69) is 37.2 Å². The average molecular weight is 230 g/mol. The third-order valence-corrected chi connectivity index (χ3v) is 3.84. The number of piperazine rings is 1. The predicted octanol–water partition coefficient (Wildman–Crippen LogP) is 2.06. The second-order valence-corrected chi connectivity index (χ2v) is 6.45. The molecule has 0 spiro atoms. The Kier molecular flexibility index (Phi) is 5.44. The van der Waals surface area contributed by atoms with Crippen LogP contribution in [0.1, 0.15) is 27.2 Å². The highest BCUT2D eigenvalue weighted by Crippen LogP contribution is 2.25. The molecule has 90 valence electrons. The molecule has 0 amide bonds. The molecule has 0 aromatic carbocycles. The number of hydrogen-bond acceptors (Lipinski definition) is 3. The van der Waals surface area contributed by atoms with Crippen LogP contribution in [0.5, 0.6) is 0 Å². The summed E-state index contributed by atoms with van der Waals surface area (Å²) in [7, 11) is 0. The zero-order chi connectivity index (χ0) is 11.3. The van der Waals surface area contributed by atoms with E-state index in [1.165, 1.54) is 25.3 Å². The van der Waals surface area contributed by atoms with Gasteiger partial charge in [0, 0.05) is 25.7 Å². The summed E-state index contributed by atoms with van der Waals surface area (Å²) < 4.78 is 0. The summed E-state index contributed by atoms with van der Waals surface area (Å²) in [5, 5.41) is 3.51. The maximum absolute atomic E-state index is 3.51. The highest BCUT2D eigenvalue weighted by Gasteiger charge is 2.31. The molecule has 0 aromatic rings. The Hall–Kier alpha value is 0.270. The summed E-state index contributed by atoms with van der Waals surface area (Å²) in [6.45, 7) is 11.9. The van der Waals surface area contributed by atoms with Crippen molar-refractivity contribution < 1.29 is 0 Å².